The molecule has 1 atom stereocenters. The van der Waals surface area contributed by atoms with Crippen LogP contribution in [0, 0.1) is 13.8 Å². The van der Waals surface area contributed by atoms with Crippen LogP contribution in [-0.4, -0.2) is 33.3 Å². The van der Waals surface area contributed by atoms with Gasteiger partial charge in [0.2, 0.25) is 0 Å². The maximum absolute atomic E-state index is 13.4. The molecule has 0 radical (unpaired) electrons. The molecule has 2 N–H and O–H groups in total. The molecule has 8 heteroatoms. The molecule has 0 unspecified atom stereocenters. The van der Waals surface area contributed by atoms with Crippen LogP contribution in [0.2, 0.25) is 0 Å². The Labute approximate surface area is 170 Å². The lowest BCUT2D eigenvalue weighted by Gasteiger charge is -2.19. The number of aryl methyl sites for hydroxylation is 2. The largest absolute Gasteiger partial charge is 0.348 e. The summed E-state index contributed by atoms with van der Waals surface area (Å²) in [5, 5.41) is 5.85. The first-order valence-corrected chi connectivity index (χ1v) is 11.6. The van der Waals surface area contributed by atoms with Crippen LogP contribution >= 0.6 is 11.3 Å². The molecule has 2 rings (SSSR count). The highest BCUT2D eigenvalue weighted by atomic mass is 32.2. The number of benzene rings is 1. The van der Waals surface area contributed by atoms with Gasteiger partial charge in [-0.3, -0.25) is 9.59 Å². The summed E-state index contributed by atoms with van der Waals surface area (Å²) < 4.78 is 26.7. The van der Waals surface area contributed by atoms with E-state index in [1.807, 2.05) is 19.9 Å². The van der Waals surface area contributed by atoms with Gasteiger partial charge >= 0.3 is 11.8 Å². The van der Waals surface area contributed by atoms with Crippen molar-refractivity contribution < 1.29 is 18.0 Å². The average molecular weight is 423 g/mol. The molecule has 0 aliphatic carbocycles. The maximum atomic E-state index is 13.4. The molecule has 0 saturated heterocycles. The topological polar surface area (TPSA) is 92.3 Å². The van der Waals surface area contributed by atoms with Gasteiger partial charge in [-0.25, -0.2) is 8.42 Å². The molecule has 1 aromatic heterocycles. The lowest BCUT2D eigenvalue weighted by molar-refractivity contribution is -0.139. The van der Waals surface area contributed by atoms with Crippen LogP contribution in [0.3, 0.4) is 0 Å². The Balaban J connectivity index is 2.23. The first kappa shape index (κ1) is 22.1. The second-order valence-corrected chi connectivity index (χ2v) is 9.72. The van der Waals surface area contributed by atoms with E-state index < -0.39 is 26.9 Å². The smallest absolute Gasteiger partial charge is 0.309 e. The molecule has 2 amide bonds. The van der Waals surface area contributed by atoms with Crippen LogP contribution in [0.15, 0.2) is 40.6 Å². The van der Waals surface area contributed by atoms with Crippen LogP contribution in [-0.2, 0) is 19.4 Å². The van der Waals surface area contributed by atoms with Gasteiger partial charge < -0.3 is 10.6 Å². The van der Waals surface area contributed by atoms with Crippen LogP contribution < -0.4 is 10.6 Å². The average Bonchev–Trinajstić information content (AvgIpc) is 3.17. The fraction of sp³-hybridized carbons (Fsp3) is 0.400. The second-order valence-electron chi connectivity index (χ2n) is 6.64. The minimum atomic E-state index is -3.76. The third-order valence-corrected chi connectivity index (χ3v) is 7.71. The van der Waals surface area contributed by atoms with Gasteiger partial charge in [0.15, 0.2) is 9.84 Å². The van der Waals surface area contributed by atoms with Gasteiger partial charge in [-0.15, -0.1) is 11.3 Å². The van der Waals surface area contributed by atoms with E-state index in [1.54, 1.807) is 36.6 Å². The van der Waals surface area contributed by atoms with Gasteiger partial charge in [-0.1, -0.05) is 31.5 Å². The van der Waals surface area contributed by atoms with E-state index in [-0.39, 0.29) is 11.4 Å². The minimum absolute atomic E-state index is 0.170. The number of carbonyl (C=O) groups is 2. The third kappa shape index (κ3) is 5.42. The molecule has 28 heavy (non-hydrogen) atoms. The number of hydrogen-bond acceptors (Lipinski definition) is 5. The first-order chi connectivity index (χ1) is 13.3. The summed E-state index contributed by atoms with van der Waals surface area (Å²) in [7, 11) is -3.76. The molecule has 1 aromatic carbocycles. The summed E-state index contributed by atoms with van der Waals surface area (Å²) in [6, 6.07) is 8.77. The van der Waals surface area contributed by atoms with E-state index in [9.17, 15) is 18.0 Å². The summed E-state index contributed by atoms with van der Waals surface area (Å²) in [4.78, 5) is 24.8. The molecule has 0 saturated carbocycles. The van der Waals surface area contributed by atoms with Crippen molar-refractivity contribution in [3.05, 3.63) is 51.7 Å². The number of thiophene rings is 1. The summed E-state index contributed by atoms with van der Waals surface area (Å²) in [5.41, 5.74) is 1.49. The Kier molecular flexibility index (Phi) is 7.77. The van der Waals surface area contributed by atoms with Gasteiger partial charge in [0, 0.05) is 18.0 Å². The predicted octanol–water partition coefficient (Wildman–Crippen LogP) is 2.91. The normalized spacial score (nSPS) is 12.4. The fourth-order valence-corrected chi connectivity index (χ4v) is 5.84. The zero-order chi connectivity index (χ0) is 20.7. The molecule has 0 fully saturated rings. The minimum Gasteiger partial charge on any atom is -0.348 e. The van der Waals surface area contributed by atoms with Gasteiger partial charge in [0.1, 0.15) is 5.25 Å². The molecule has 152 valence electrons. The SMILES string of the molecule is CCCCNC(=O)C(=O)NC[C@H](c1cccs1)S(=O)(=O)c1cc(C)ccc1C. The van der Waals surface area contributed by atoms with Crippen molar-refractivity contribution in [2.24, 2.45) is 0 Å². The monoisotopic (exact) mass is 422 g/mol. The molecule has 0 aliphatic heterocycles. The fourth-order valence-electron chi connectivity index (χ4n) is 2.73. The summed E-state index contributed by atoms with van der Waals surface area (Å²) in [6.45, 7) is 5.81. The highest BCUT2D eigenvalue weighted by Crippen LogP contribution is 2.33. The molecule has 1 heterocycles. The van der Waals surface area contributed by atoms with Crippen molar-refractivity contribution in [1.29, 1.82) is 0 Å². The molecule has 0 spiro atoms. The van der Waals surface area contributed by atoms with E-state index in [0.717, 1.165) is 18.4 Å². The van der Waals surface area contributed by atoms with E-state index >= 15 is 0 Å². The molecular weight excluding hydrogens is 396 g/mol. The quantitative estimate of drug-likeness (QED) is 0.505. The van der Waals surface area contributed by atoms with E-state index in [1.165, 1.54) is 11.3 Å². The predicted molar refractivity (Wildman–Crippen MR) is 111 cm³/mol. The molecule has 6 nitrogen and oxygen atoms in total. The number of hydrogen-bond donors (Lipinski definition) is 2. The zero-order valence-electron chi connectivity index (χ0n) is 16.3. The van der Waals surface area contributed by atoms with Gasteiger partial charge in [-0.2, -0.15) is 0 Å². The first-order valence-electron chi connectivity index (χ1n) is 9.18. The Morgan fingerprint density at radius 2 is 1.82 bits per heavy atom. The lowest BCUT2D eigenvalue weighted by atomic mass is 10.2. The molecule has 0 bridgehead atoms. The second kappa shape index (κ2) is 9.84. The Morgan fingerprint density at radius 1 is 1.11 bits per heavy atom. The van der Waals surface area contributed by atoms with Crippen molar-refractivity contribution in [1.82, 2.24) is 10.6 Å². The van der Waals surface area contributed by atoms with Crippen molar-refractivity contribution in [2.75, 3.05) is 13.1 Å². The lowest BCUT2D eigenvalue weighted by Crippen LogP contribution is -2.42. The highest BCUT2D eigenvalue weighted by Gasteiger charge is 2.32. The van der Waals surface area contributed by atoms with Crippen LogP contribution in [0.4, 0.5) is 0 Å². The maximum Gasteiger partial charge on any atom is 0.309 e. The number of carbonyl (C=O) groups excluding carboxylic acids is 2. The Bertz CT molecular complexity index is 922. The Hall–Kier alpha value is -2.19. The van der Waals surface area contributed by atoms with E-state index in [0.29, 0.717) is 17.0 Å². The standard InChI is InChI=1S/C20H26N2O4S2/c1-4-5-10-21-19(23)20(24)22-13-18(16-7-6-11-27-16)28(25,26)17-12-14(2)8-9-15(17)3/h6-9,11-12,18H,4-5,10,13H2,1-3H3,(H,21,23)(H,22,24)/t18-/m1/s1. The van der Waals surface area contributed by atoms with Crippen molar-refractivity contribution in [2.45, 2.75) is 43.8 Å². The van der Waals surface area contributed by atoms with Gasteiger partial charge in [-0.05, 0) is 48.9 Å². The number of rotatable bonds is 8. The van der Waals surface area contributed by atoms with Crippen molar-refractivity contribution in [3.8, 4) is 0 Å². The number of amides is 2. The van der Waals surface area contributed by atoms with Crippen LogP contribution in [0.5, 0.6) is 0 Å². The molecule has 2 aromatic rings. The number of sulfone groups is 1. The number of nitrogens with one attached hydrogen (secondary N) is 2. The van der Waals surface area contributed by atoms with Crippen LogP contribution in [0.1, 0.15) is 41.0 Å². The summed E-state index contributed by atoms with van der Waals surface area (Å²) >= 11 is 1.31. The summed E-state index contributed by atoms with van der Waals surface area (Å²) in [6.07, 6.45) is 1.67. The van der Waals surface area contributed by atoms with Gasteiger partial charge in [0.05, 0.1) is 4.90 Å². The summed E-state index contributed by atoms with van der Waals surface area (Å²) in [5.74, 6) is -1.57. The van der Waals surface area contributed by atoms with Crippen molar-refractivity contribution in [3.63, 3.8) is 0 Å². The van der Waals surface area contributed by atoms with Crippen LogP contribution in [0.25, 0.3) is 0 Å². The van der Waals surface area contributed by atoms with E-state index in [2.05, 4.69) is 10.6 Å². The van der Waals surface area contributed by atoms with E-state index in [4.69, 9.17) is 0 Å². The number of unbranched alkanes of at least 4 members (excludes halogenated alkanes) is 1. The zero-order valence-corrected chi connectivity index (χ0v) is 18.0. The molecular formula is C20H26N2O4S2. The molecule has 0 aliphatic rings. The van der Waals surface area contributed by atoms with Crippen molar-refractivity contribution >= 4 is 33.0 Å². The Morgan fingerprint density at radius 3 is 2.46 bits per heavy atom. The highest BCUT2D eigenvalue weighted by molar-refractivity contribution is 7.92. The van der Waals surface area contributed by atoms with Gasteiger partial charge in [0.25, 0.3) is 0 Å². The third-order valence-electron chi connectivity index (χ3n) is 4.36.